The molecule has 0 spiro atoms. The highest BCUT2D eigenvalue weighted by molar-refractivity contribution is 5.96. The monoisotopic (exact) mass is 240 g/mol. The third-order valence-corrected chi connectivity index (χ3v) is 3.57. The van der Waals surface area contributed by atoms with Gasteiger partial charge in [0.2, 0.25) is 5.91 Å². The van der Waals surface area contributed by atoms with Crippen LogP contribution in [0.4, 0.5) is 5.82 Å². The lowest BCUT2D eigenvalue weighted by Crippen LogP contribution is -2.28. The molecule has 2 aromatic rings. The van der Waals surface area contributed by atoms with Gasteiger partial charge in [0.25, 0.3) is 0 Å². The molecule has 1 amide bonds. The molecule has 1 aromatic carbocycles. The van der Waals surface area contributed by atoms with Crippen molar-refractivity contribution in [3.05, 3.63) is 35.4 Å². The quantitative estimate of drug-likeness (QED) is 0.768. The lowest BCUT2D eigenvalue weighted by atomic mass is 10.1. The number of benzene rings is 1. The van der Waals surface area contributed by atoms with Gasteiger partial charge in [0.15, 0.2) is 0 Å². The van der Waals surface area contributed by atoms with Crippen molar-refractivity contribution in [1.29, 1.82) is 0 Å². The Kier molecular flexibility index (Phi) is 2.54. The summed E-state index contributed by atoms with van der Waals surface area (Å²) in [5.74, 6) is 1.03. The summed E-state index contributed by atoms with van der Waals surface area (Å²) in [6.45, 7) is 4.72. The van der Waals surface area contributed by atoms with E-state index < -0.39 is 0 Å². The summed E-state index contributed by atoms with van der Waals surface area (Å²) in [5.41, 5.74) is 3.35. The summed E-state index contributed by atoms with van der Waals surface area (Å²) in [7, 11) is 0. The Bertz CT molecular complexity index is 634. The smallest absolute Gasteiger partial charge is 0.227 e. The second-order valence-electron chi connectivity index (χ2n) is 4.77. The molecule has 2 heterocycles. The molecule has 3 heteroatoms. The molecule has 0 aliphatic carbocycles. The van der Waals surface area contributed by atoms with Gasteiger partial charge in [-0.25, -0.2) is 4.98 Å². The van der Waals surface area contributed by atoms with Gasteiger partial charge < -0.3 is 0 Å². The Morgan fingerprint density at radius 1 is 1.44 bits per heavy atom. The number of amides is 1. The largest absolute Gasteiger partial charge is 0.296 e. The molecule has 0 saturated heterocycles. The van der Waals surface area contributed by atoms with Crippen molar-refractivity contribution in [3.8, 4) is 0 Å². The number of carbonyl (C=O) groups is 1. The number of anilines is 1. The first-order valence-corrected chi connectivity index (χ1v) is 6.40. The fourth-order valence-electron chi connectivity index (χ4n) is 2.57. The molecule has 3 nitrogen and oxygen atoms in total. The van der Waals surface area contributed by atoms with E-state index in [2.05, 4.69) is 31.2 Å². The average molecular weight is 240 g/mol. The van der Waals surface area contributed by atoms with Crippen LogP contribution in [0, 0.1) is 6.92 Å². The molecule has 0 bridgehead atoms. The topological polar surface area (TPSA) is 33.2 Å². The fraction of sp³-hybridized carbons (Fsp3) is 0.333. The summed E-state index contributed by atoms with van der Waals surface area (Å²) in [5, 5.41) is 1.17. The third kappa shape index (κ3) is 1.58. The summed E-state index contributed by atoms with van der Waals surface area (Å²) in [6, 6.07) is 8.37. The van der Waals surface area contributed by atoms with Crippen LogP contribution >= 0.6 is 0 Å². The Balaban J connectivity index is 2.19. The number of fused-ring (bicyclic) bond motifs is 2. The second-order valence-corrected chi connectivity index (χ2v) is 4.77. The predicted molar refractivity (Wildman–Crippen MR) is 72.8 cm³/mol. The molecule has 0 fully saturated rings. The Hall–Kier alpha value is -1.90. The van der Waals surface area contributed by atoms with Crippen LogP contribution in [0.5, 0.6) is 0 Å². The first kappa shape index (κ1) is 11.2. The van der Waals surface area contributed by atoms with Gasteiger partial charge in [-0.15, -0.1) is 0 Å². The van der Waals surface area contributed by atoms with E-state index in [1.54, 1.807) is 0 Å². The number of aromatic nitrogens is 1. The molecule has 1 aliphatic rings. The van der Waals surface area contributed by atoms with Gasteiger partial charge in [-0.1, -0.05) is 25.1 Å². The normalized spacial score (nSPS) is 14.0. The van der Waals surface area contributed by atoms with Crippen LogP contribution in [0.2, 0.25) is 0 Å². The lowest BCUT2D eigenvalue weighted by molar-refractivity contribution is -0.118. The van der Waals surface area contributed by atoms with Crippen LogP contribution in [0.15, 0.2) is 24.3 Å². The maximum atomic E-state index is 11.9. The molecule has 0 N–H and O–H groups in total. The Labute approximate surface area is 106 Å². The van der Waals surface area contributed by atoms with E-state index in [0.29, 0.717) is 6.42 Å². The number of hydrogen-bond acceptors (Lipinski definition) is 2. The molecule has 0 radical (unpaired) electrons. The predicted octanol–water partition coefficient (Wildman–Crippen LogP) is 2.84. The molecule has 0 unspecified atom stereocenters. The summed E-state index contributed by atoms with van der Waals surface area (Å²) in [4.78, 5) is 18.4. The first-order valence-electron chi connectivity index (χ1n) is 6.40. The minimum absolute atomic E-state index is 0.161. The average Bonchev–Trinajstić information content (AvgIpc) is 2.79. The van der Waals surface area contributed by atoms with Crippen LogP contribution in [-0.2, 0) is 11.2 Å². The Morgan fingerprint density at radius 2 is 2.28 bits per heavy atom. The zero-order chi connectivity index (χ0) is 12.7. The van der Waals surface area contributed by atoms with Crippen LogP contribution in [0.25, 0.3) is 10.9 Å². The van der Waals surface area contributed by atoms with E-state index in [4.69, 9.17) is 4.98 Å². The van der Waals surface area contributed by atoms with E-state index in [-0.39, 0.29) is 5.91 Å². The number of hydrogen-bond donors (Lipinski definition) is 0. The van der Waals surface area contributed by atoms with E-state index in [1.165, 1.54) is 10.9 Å². The molecule has 0 atom stereocenters. The Morgan fingerprint density at radius 3 is 3.06 bits per heavy atom. The lowest BCUT2D eigenvalue weighted by Gasteiger charge is -2.15. The standard InChI is InChI=1S/C15H16N2O/c1-3-13(18)17-8-7-12-9-11-6-4-5-10(2)14(11)16-15(12)17/h4-6,9H,3,7-8H2,1-2H3. The zero-order valence-corrected chi connectivity index (χ0v) is 10.7. The number of pyridine rings is 1. The molecule has 1 aliphatic heterocycles. The van der Waals surface area contributed by atoms with Gasteiger partial charge in [0.05, 0.1) is 5.52 Å². The van der Waals surface area contributed by atoms with Crippen molar-refractivity contribution in [2.75, 3.05) is 11.4 Å². The number of aryl methyl sites for hydroxylation is 1. The van der Waals surface area contributed by atoms with Crippen molar-refractivity contribution in [3.63, 3.8) is 0 Å². The second kappa shape index (κ2) is 4.09. The van der Waals surface area contributed by atoms with Crippen LogP contribution in [0.1, 0.15) is 24.5 Å². The van der Waals surface area contributed by atoms with Crippen LogP contribution < -0.4 is 4.90 Å². The SMILES string of the molecule is CCC(=O)N1CCc2cc3cccc(C)c3nc21. The van der Waals surface area contributed by atoms with Gasteiger partial charge in [-0.3, -0.25) is 9.69 Å². The van der Waals surface area contributed by atoms with Crippen LogP contribution in [0.3, 0.4) is 0 Å². The van der Waals surface area contributed by atoms with E-state index in [0.717, 1.165) is 29.9 Å². The number of carbonyl (C=O) groups excluding carboxylic acids is 1. The molecular weight excluding hydrogens is 224 g/mol. The summed E-state index contributed by atoms with van der Waals surface area (Å²) < 4.78 is 0. The van der Waals surface area contributed by atoms with Gasteiger partial charge in [-0.2, -0.15) is 0 Å². The third-order valence-electron chi connectivity index (χ3n) is 3.57. The highest BCUT2D eigenvalue weighted by atomic mass is 16.2. The van der Waals surface area contributed by atoms with Gasteiger partial charge in [0, 0.05) is 18.4 Å². The molecule has 18 heavy (non-hydrogen) atoms. The van der Waals surface area contributed by atoms with Gasteiger partial charge in [-0.05, 0) is 30.5 Å². The van der Waals surface area contributed by atoms with Crippen LogP contribution in [-0.4, -0.2) is 17.4 Å². The minimum atomic E-state index is 0.161. The van der Waals surface area contributed by atoms with Crippen molar-refractivity contribution >= 4 is 22.6 Å². The summed E-state index contributed by atoms with van der Waals surface area (Å²) in [6.07, 6.45) is 1.45. The molecule has 1 aromatic heterocycles. The molecular formula is C15H16N2O. The van der Waals surface area contributed by atoms with Crippen molar-refractivity contribution in [1.82, 2.24) is 4.98 Å². The van der Waals surface area contributed by atoms with E-state index in [9.17, 15) is 4.79 Å². The maximum absolute atomic E-state index is 11.9. The number of rotatable bonds is 1. The fourth-order valence-corrected chi connectivity index (χ4v) is 2.57. The van der Waals surface area contributed by atoms with Crippen molar-refractivity contribution in [2.24, 2.45) is 0 Å². The van der Waals surface area contributed by atoms with Crippen molar-refractivity contribution in [2.45, 2.75) is 26.7 Å². The first-order chi connectivity index (χ1) is 8.70. The maximum Gasteiger partial charge on any atom is 0.227 e. The zero-order valence-electron chi connectivity index (χ0n) is 10.7. The van der Waals surface area contributed by atoms with E-state index in [1.807, 2.05) is 11.8 Å². The minimum Gasteiger partial charge on any atom is -0.296 e. The molecule has 92 valence electrons. The van der Waals surface area contributed by atoms with Gasteiger partial charge in [0.1, 0.15) is 5.82 Å². The number of nitrogens with zero attached hydrogens (tertiary/aromatic N) is 2. The molecule has 0 saturated carbocycles. The van der Waals surface area contributed by atoms with E-state index >= 15 is 0 Å². The summed E-state index contributed by atoms with van der Waals surface area (Å²) >= 11 is 0. The number of para-hydroxylation sites is 1. The highest BCUT2D eigenvalue weighted by Crippen LogP contribution is 2.30. The highest BCUT2D eigenvalue weighted by Gasteiger charge is 2.25. The molecule has 3 rings (SSSR count). The van der Waals surface area contributed by atoms with Gasteiger partial charge >= 0.3 is 0 Å². The van der Waals surface area contributed by atoms with Crippen molar-refractivity contribution < 1.29 is 4.79 Å².